The number of hydrogen-bond acceptors (Lipinski definition) is 7. The number of nitrogens with zero attached hydrogens (tertiary/aromatic N) is 3. The van der Waals surface area contributed by atoms with Crippen LogP contribution in [0.2, 0.25) is 4.34 Å². The Kier molecular flexibility index (Phi) is 5.24. The smallest absolute Gasteiger partial charge is 0.319 e. The number of sulfonamides is 1. The summed E-state index contributed by atoms with van der Waals surface area (Å²) in [5, 5.41) is 0. The molecule has 2 aromatic heterocycles. The first-order chi connectivity index (χ1) is 11.5. The summed E-state index contributed by atoms with van der Waals surface area (Å²) in [5.74, 6) is 0.424. The van der Waals surface area contributed by atoms with Gasteiger partial charge in [-0.2, -0.15) is 9.29 Å². The van der Waals surface area contributed by atoms with Gasteiger partial charge in [0.1, 0.15) is 10.3 Å². The largest absolute Gasteiger partial charge is 0.474 e. The van der Waals surface area contributed by atoms with Gasteiger partial charge < -0.3 is 9.47 Å². The number of ether oxygens (including phenoxy) is 2. The number of rotatable bonds is 5. The minimum atomic E-state index is -3.48. The Labute approximate surface area is 149 Å². The molecule has 0 amide bonds. The lowest BCUT2D eigenvalue weighted by molar-refractivity contribution is 0.128. The summed E-state index contributed by atoms with van der Waals surface area (Å²) in [6.07, 6.45) is 2.64. The zero-order chi connectivity index (χ0) is 17.2. The molecule has 0 unspecified atom stereocenters. The monoisotopic (exact) mass is 389 g/mol. The first kappa shape index (κ1) is 17.4. The van der Waals surface area contributed by atoms with Crippen LogP contribution in [0, 0.1) is 0 Å². The molecular weight excluding hydrogens is 374 g/mol. The minimum Gasteiger partial charge on any atom is -0.474 e. The van der Waals surface area contributed by atoms with E-state index in [1.165, 1.54) is 17.5 Å². The van der Waals surface area contributed by atoms with Crippen molar-refractivity contribution in [1.82, 2.24) is 14.3 Å². The number of hydrogen-bond donors (Lipinski definition) is 0. The maximum Gasteiger partial charge on any atom is 0.319 e. The molecule has 1 aliphatic rings. The van der Waals surface area contributed by atoms with Crippen LogP contribution in [0.5, 0.6) is 11.9 Å². The van der Waals surface area contributed by atoms with Gasteiger partial charge in [0, 0.05) is 25.4 Å². The van der Waals surface area contributed by atoms with Crippen LogP contribution in [-0.4, -0.2) is 49.0 Å². The molecule has 1 aliphatic heterocycles. The van der Waals surface area contributed by atoms with Gasteiger partial charge in [0.25, 0.3) is 10.0 Å². The highest BCUT2D eigenvalue weighted by Crippen LogP contribution is 2.30. The predicted molar refractivity (Wildman–Crippen MR) is 90.3 cm³/mol. The highest BCUT2D eigenvalue weighted by atomic mass is 35.5. The van der Waals surface area contributed by atoms with E-state index < -0.39 is 10.0 Å². The standard InChI is InChI=1S/C14H16ClN3O4S2/c1-21-14-16-7-4-12(17-14)22-10-5-8-18(9-6-10)24(19,20)13-3-2-11(15)23-13/h2-4,7,10H,5-6,8-9H2,1H3. The van der Waals surface area contributed by atoms with Crippen molar-refractivity contribution in [2.75, 3.05) is 20.2 Å². The molecule has 3 rings (SSSR count). The maximum absolute atomic E-state index is 12.5. The molecule has 0 atom stereocenters. The van der Waals surface area contributed by atoms with Crippen LogP contribution < -0.4 is 9.47 Å². The summed E-state index contributed by atoms with van der Waals surface area (Å²) in [6.45, 7) is 0.787. The van der Waals surface area contributed by atoms with E-state index in [9.17, 15) is 8.42 Å². The molecule has 1 fully saturated rings. The first-order valence-electron chi connectivity index (χ1n) is 7.28. The average Bonchev–Trinajstić information content (AvgIpc) is 3.03. The lowest BCUT2D eigenvalue weighted by Crippen LogP contribution is -2.41. The van der Waals surface area contributed by atoms with Crippen LogP contribution in [-0.2, 0) is 10.0 Å². The molecular formula is C14H16ClN3O4S2. The third-order valence-corrected chi connectivity index (χ3v) is 7.22. The molecule has 3 heterocycles. The highest BCUT2D eigenvalue weighted by Gasteiger charge is 2.31. The van der Waals surface area contributed by atoms with Crippen molar-refractivity contribution in [3.63, 3.8) is 0 Å². The Hall–Kier alpha value is -1.42. The molecule has 0 saturated carbocycles. The van der Waals surface area contributed by atoms with Crippen molar-refractivity contribution in [2.45, 2.75) is 23.2 Å². The molecule has 1 saturated heterocycles. The van der Waals surface area contributed by atoms with E-state index in [-0.39, 0.29) is 16.3 Å². The number of piperidine rings is 1. The molecule has 0 N–H and O–H groups in total. The minimum absolute atomic E-state index is 0.0945. The Morgan fingerprint density at radius 3 is 2.67 bits per heavy atom. The van der Waals surface area contributed by atoms with Gasteiger partial charge in [-0.05, 0) is 25.0 Å². The number of methoxy groups -OCH3 is 1. The average molecular weight is 390 g/mol. The van der Waals surface area contributed by atoms with Crippen LogP contribution in [0.3, 0.4) is 0 Å². The molecule has 0 radical (unpaired) electrons. The SMILES string of the molecule is COc1nccc(OC2CCN(S(=O)(=O)c3ccc(Cl)s3)CC2)n1. The van der Waals surface area contributed by atoms with Gasteiger partial charge in [-0.15, -0.1) is 11.3 Å². The maximum atomic E-state index is 12.5. The van der Waals surface area contributed by atoms with Gasteiger partial charge >= 0.3 is 6.01 Å². The normalized spacial score (nSPS) is 16.9. The lowest BCUT2D eigenvalue weighted by atomic mass is 10.1. The Bertz CT molecular complexity index is 804. The second-order valence-electron chi connectivity index (χ2n) is 5.16. The van der Waals surface area contributed by atoms with Crippen LogP contribution in [0.25, 0.3) is 0 Å². The third kappa shape index (κ3) is 3.80. The zero-order valence-electron chi connectivity index (χ0n) is 12.9. The van der Waals surface area contributed by atoms with Gasteiger partial charge in [-0.25, -0.2) is 13.4 Å². The fourth-order valence-electron chi connectivity index (χ4n) is 2.41. The van der Waals surface area contributed by atoms with Crippen molar-refractivity contribution in [1.29, 1.82) is 0 Å². The molecule has 0 aliphatic carbocycles. The lowest BCUT2D eigenvalue weighted by Gasteiger charge is -2.30. The Balaban J connectivity index is 1.61. The number of aromatic nitrogens is 2. The van der Waals surface area contributed by atoms with Gasteiger partial charge in [0.15, 0.2) is 0 Å². The van der Waals surface area contributed by atoms with Crippen molar-refractivity contribution >= 4 is 33.0 Å². The van der Waals surface area contributed by atoms with Crippen molar-refractivity contribution in [2.24, 2.45) is 0 Å². The topological polar surface area (TPSA) is 81.6 Å². The van der Waals surface area contributed by atoms with Crippen LogP contribution in [0.15, 0.2) is 28.6 Å². The molecule has 0 aromatic carbocycles. The van der Waals surface area contributed by atoms with Crippen LogP contribution in [0.4, 0.5) is 0 Å². The number of halogens is 1. The summed E-state index contributed by atoms with van der Waals surface area (Å²) in [7, 11) is -2.00. The molecule has 0 bridgehead atoms. The molecule has 24 heavy (non-hydrogen) atoms. The van der Waals surface area contributed by atoms with Crippen molar-refractivity contribution < 1.29 is 17.9 Å². The van der Waals surface area contributed by atoms with Crippen LogP contribution >= 0.6 is 22.9 Å². The van der Waals surface area contributed by atoms with Crippen molar-refractivity contribution in [3.8, 4) is 11.9 Å². The van der Waals surface area contributed by atoms with Gasteiger partial charge in [0.2, 0.25) is 5.88 Å². The Morgan fingerprint density at radius 2 is 2.04 bits per heavy atom. The fourth-order valence-corrected chi connectivity index (χ4v) is 5.52. The first-order valence-corrected chi connectivity index (χ1v) is 9.91. The van der Waals surface area contributed by atoms with E-state index in [1.807, 2.05) is 0 Å². The summed E-state index contributed by atoms with van der Waals surface area (Å²) in [6, 6.07) is 5.02. The van der Waals surface area contributed by atoms with E-state index in [0.29, 0.717) is 36.1 Å². The van der Waals surface area contributed by atoms with Crippen LogP contribution in [0.1, 0.15) is 12.8 Å². The third-order valence-electron chi connectivity index (χ3n) is 3.62. The molecule has 130 valence electrons. The number of thiophene rings is 1. The molecule has 10 heteroatoms. The summed E-state index contributed by atoms with van der Waals surface area (Å²) in [5.41, 5.74) is 0. The fraction of sp³-hybridized carbons (Fsp3) is 0.429. The molecule has 2 aromatic rings. The molecule has 7 nitrogen and oxygen atoms in total. The van der Waals surface area contributed by atoms with Gasteiger partial charge in [-0.3, -0.25) is 0 Å². The summed E-state index contributed by atoms with van der Waals surface area (Å²) in [4.78, 5) is 8.02. The van der Waals surface area contributed by atoms with E-state index >= 15 is 0 Å². The van der Waals surface area contributed by atoms with E-state index in [0.717, 1.165) is 11.3 Å². The molecule has 0 spiro atoms. The van der Waals surface area contributed by atoms with Gasteiger partial charge in [0.05, 0.1) is 11.4 Å². The summed E-state index contributed by atoms with van der Waals surface area (Å²) >= 11 is 6.91. The quantitative estimate of drug-likeness (QED) is 0.781. The second kappa shape index (κ2) is 7.22. The van der Waals surface area contributed by atoms with E-state index in [1.54, 1.807) is 18.3 Å². The summed E-state index contributed by atoms with van der Waals surface area (Å²) < 4.78 is 38.1. The zero-order valence-corrected chi connectivity index (χ0v) is 15.3. The highest BCUT2D eigenvalue weighted by molar-refractivity contribution is 7.91. The van der Waals surface area contributed by atoms with E-state index in [2.05, 4.69) is 9.97 Å². The van der Waals surface area contributed by atoms with Crippen molar-refractivity contribution in [3.05, 3.63) is 28.7 Å². The predicted octanol–water partition coefficient (Wildman–Crippen LogP) is 2.43. The second-order valence-corrected chi connectivity index (χ2v) is 9.04. The Morgan fingerprint density at radius 1 is 1.29 bits per heavy atom. The van der Waals surface area contributed by atoms with Gasteiger partial charge in [-0.1, -0.05) is 11.6 Å². The van der Waals surface area contributed by atoms with E-state index in [4.69, 9.17) is 21.1 Å².